The third-order valence-electron chi connectivity index (χ3n) is 2.44. The maximum atomic E-state index is 12.0. The molecule has 0 aliphatic rings. The lowest BCUT2D eigenvalue weighted by atomic mass is 10.2. The topological polar surface area (TPSA) is 107 Å². The molecule has 0 fully saturated rings. The summed E-state index contributed by atoms with van der Waals surface area (Å²) in [6.07, 6.45) is 1.23. The Labute approximate surface area is 124 Å². The van der Waals surface area contributed by atoms with Crippen LogP contribution in [0.25, 0.3) is 0 Å². The fourth-order valence-electron chi connectivity index (χ4n) is 1.54. The van der Waals surface area contributed by atoms with Gasteiger partial charge in [-0.2, -0.15) is 5.10 Å². The average molecular weight is 359 g/mol. The minimum Gasteiger partial charge on any atom is -0.304 e. The highest BCUT2D eigenvalue weighted by Crippen LogP contribution is 2.18. The monoisotopic (exact) mass is 358 g/mol. The van der Waals surface area contributed by atoms with Crippen LogP contribution < -0.4 is 10.5 Å². The van der Waals surface area contributed by atoms with E-state index in [0.29, 0.717) is 5.56 Å². The van der Waals surface area contributed by atoms with E-state index in [2.05, 4.69) is 26.3 Å². The Kier molecular flexibility index (Phi) is 3.93. The number of amides is 1. The number of nitrogens with one attached hydrogen (secondary N) is 1. The van der Waals surface area contributed by atoms with Crippen LogP contribution in [0.2, 0.25) is 0 Å². The first-order chi connectivity index (χ1) is 9.27. The van der Waals surface area contributed by atoms with Gasteiger partial charge in [0.25, 0.3) is 5.91 Å². The number of hydrogen-bond acceptors (Lipinski definition) is 4. The molecule has 1 heterocycles. The Morgan fingerprint density at radius 3 is 2.50 bits per heavy atom. The number of sulfonamides is 1. The predicted octanol–water partition coefficient (Wildman–Crippen LogP) is 1.08. The Bertz CT molecular complexity index is 752. The van der Waals surface area contributed by atoms with Gasteiger partial charge in [0, 0.05) is 23.3 Å². The van der Waals surface area contributed by atoms with Crippen molar-refractivity contribution in [2.24, 2.45) is 12.2 Å². The van der Waals surface area contributed by atoms with Gasteiger partial charge in [0.05, 0.1) is 0 Å². The van der Waals surface area contributed by atoms with Crippen molar-refractivity contribution < 1.29 is 13.2 Å². The van der Waals surface area contributed by atoms with Crippen molar-refractivity contribution >= 4 is 37.7 Å². The summed E-state index contributed by atoms with van der Waals surface area (Å²) < 4.78 is 24.9. The van der Waals surface area contributed by atoms with Crippen molar-refractivity contribution in [1.82, 2.24) is 9.78 Å². The van der Waals surface area contributed by atoms with E-state index in [9.17, 15) is 13.2 Å². The van der Waals surface area contributed by atoms with Crippen LogP contribution in [-0.4, -0.2) is 24.1 Å². The van der Waals surface area contributed by atoms with Crippen LogP contribution in [0.3, 0.4) is 0 Å². The number of benzene rings is 1. The average Bonchev–Trinajstić information content (AvgIpc) is 2.71. The minimum atomic E-state index is -3.95. The number of aromatic nitrogens is 2. The zero-order chi connectivity index (χ0) is 14.9. The summed E-state index contributed by atoms with van der Waals surface area (Å²) in [6.45, 7) is 0. The van der Waals surface area contributed by atoms with E-state index < -0.39 is 15.9 Å². The van der Waals surface area contributed by atoms with Crippen molar-refractivity contribution in [1.29, 1.82) is 0 Å². The molecule has 0 aliphatic carbocycles. The third-order valence-corrected chi connectivity index (χ3v) is 3.88. The van der Waals surface area contributed by atoms with E-state index in [1.807, 2.05) is 0 Å². The molecule has 0 spiro atoms. The lowest BCUT2D eigenvalue weighted by Gasteiger charge is -2.04. The molecule has 0 aliphatic heterocycles. The lowest BCUT2D eigenvalue weighted by molar-refractivity contribution is 0.102. The van der Waals surface area contributed by atoms with Gasteiger partial charge in [-0.25, -0.2) is 13.6 Å². The number of primary sulfonamides is 1. The Morgan fingerprint density at radius 1 is 1.35 bits per heavy atom. The molecule has 9 heteroatoms. The first-order valence-corrected chi connectivity index (χ1v) is 7.74. The highest BCUT2D eigenvalue weighted by Gasteiger charge is 2.20. The van der Waals surface area contributed by atoms with Gasteiger partial charge >= 0.3 is 0 Å². The van der Waals surface area contributed by atoms with Gasteiger partial charge < -0.3 is 5.32 Å². The number of nitrogens with zero attached hydrogens (tertiary/aromatic N) is 2. The van der Waals surface area contributed by atoms with E-state index in [4.69, 9.17) is 5.14 Å². The number of carbonyl (C=O) groups is 1. The highest BCUT2D eigenvalue weighted by atomic mass is 79.9. The molecule has 20 heavy (non-hydrogen) atoms. The van der Waals surface area contributed by atoms with Gasteiger partial charge in [0.2, 0.25) is 10.0 Å². The molecule has 1 amide bonds. The Hall–Kier alpha value is -1.71. The van der Waals surface area contributed by atoms with E-state index >= 15 is 0 Å². The summed E-state index contributed by atoms with van der Waals surface area (Å²) in [7, 11) is -2.42. The van der Waals surface area contributed by atoms with Crippen LogP contribution in [0.4, 0.5) is 5.82 Å². The molecular formula is C11H11BrN4O3S. The summed E-state index contributed by atoms with van der Waals surface area (Å²) in [5.74, 6) is -0.566. The molecule has 7 nitrogen and oxygen atoms in total. The van der Waals surface area contributed by atoms with Crippen molar-refractivity contribution in [3.05, 3.63) is 40.5 Å². The number of rotatable bonds is 3. The molecule has 1 aromatic heterocycles. The number of carbonyl (C=O) groups excluding carboxylic acids is 1. The summed E-state index contributed by atoms with van der Waals surface area (Å²) in [5.41, 5.74) is 0.374. The largest absolute Gasteiger partial charge is 0.304 e. The zero-order valence-electron chi connectivity index (χ0n) is 10.4. The molecule has 1 aromatic carbocycles. The summed E-state index contributed by atoms with van der Waals surface area (Å²) in [5, 5.41) is 11.4. The molecule has 0 unspecified atom stereocenters. The number of aryl methyl sites for hydroxylation is 1. The number of nitrogens with two attached hydrogens (primary N) is 1. The van der Waals surface area contributed by atoms with Crippen LogP contribution in [0, 0.1) is 0 Å². The predicted molar refractivity (Wildman–Crippen MR) is 76.7 cm³/mol. The van der Waals surface area contributed by atoms with Crippen LogP contribution in [0.15, 0.2) is 39.8 Å². The standard InChI is InChI=1S/C11H11BrN4O3S/c1-16-6-9(20(13,18)19)10(15-16)14-11(17)7-2-4-8(12)5-3-7/h2-6H,1H3,(H2,13,18,19)(H,14,15,17). The SMILES string of the molecule is Cn1cc(S(N)(=O)=O)c(NC(=O)c2ccc(Br)cc2)n1. The smallest absolute Gasteiger partial charge is 0.256 e. The Morgan fingerprint density at radius 2 is 1.95 bits per heavy atom. The number of hydrogen-bond donors (Lipinski definition) is 2. The second kappa shape index (κ2) is 5.35. The van der Waals surface area contributed by atoms with Crippen molar-refractivity contribution in [2.75, 3.05) is 5.32 Å². The minimum absolute atomic E-state index is 0.0945. The molecule has 0 saturated carbocycles. The molecular weight excluding hydrogens is 348 g/mol. The maximum Gasteiger partial charge on any atom is 0.256 e. The van der Waals surface area contributed by atoms with Crippen LogP contribution in [-0.2, 0) is 17.1 Å². The molecule has 2 aromatic rings. The van der Waals surface area contributed by atoms with Gasteiger partial charge in [-0.3, -0.25) is 9.48 Å². The Balaban J connectivity index is 2.31. The van der Waals surface area contributed by atoms with Gasteiger partial charge in [0.15, 0.2) is 5.82 Å². The third kappa shape index (κ3) is 3.24. The van der Waals surface area contributed by atoms with E-state index in [0.717, 1.165) is 4.47 Å². The van der Waals surface area contributed by atoms with Crippen LogP contribution in [0.1, 0.15) is 10.4 Å². The maximum absolute atomic E-state index is 12.0. The quantitative estimate of drug-likeness (QED) is 0.855. The van der Waals surface area contributed by atoms with Gasteiger partial charge in [-0.15, -0.1) is 0 Å². The summed E-state index contributed by atoms with van der Waals surface area (Å²) >= 11 is 3.26. The second-order valence-electron chi connectivity index (χ2n) is 4.02. The van der Waals surface area contributed by atoms with Gasteiger partial charge in [-0.05, 0) is 24.3 Å². The summed E-state index contributed by atoms with van der Waals surface area (Å²) in [4.78, 5) is 11.8. The molecule has 0 atom stereocenters. The van der Waals surface area contributed by atoms with Crippen molar-refractivity contribution in [3.8, 4) is 0 Å². The van der Waals surface area contributed by atoms with E-state index in [-0.39, 0.29) is 10.7 Å². The van der Waals surface area contributed by atoms with Crippen molar-refractivity contribution in [3.63, 3.8) is 0 Å². The number of anilines is 1. The molecule has 106 valence electrons. The molecule has 3 N–H and O–H groups in total. The normalized spacial score (nSPS) is 11.3. The fourth-order valence-corrected chi connectivity index (χ4v) is 2.47. The molecule has 0 bridgehead atoms. The van der Waals surface area contributed by atoms with Crippen LogP contribution >= 0.6 is 15.9 Å². The van der Waals surface area contributed by atoms with Crippen molar-refractivity contribution in [2.45, 2.75) is 4.90 Å². The van der Waals surface area contributed by atoms with Crippen LogP contribution in [0.5, 0.6) is 0 Å². The summed E-state index contributed by atoms with van der Waals surface area (Å²) in [6, 6.07) is 6.60. The zero-order valence-corrected chi connectivity index (χ0v) is 12.8. The second-order valence-corrected chi connectivity index (χ2v) is 6.47. The number of halogens is 1. The van der Waals surface area contributed by atoms with Gasteiger partial charge in [-0.1, -0.05) is 15.9 Å². The fraction of sp³-hybridized carbons (Fsp3) is 0.0909. The molecule has 2 rings (SSSR count). The van der Waals surface area contributed by atoms with Gasteiger partial charge in [0.1, 0.15) is 4.90 Å². The first kappa shape index (κ1) is 14.7. The van der Waals surface area contributed by atoms with E-state index in [1.165, 1.54) is 17.9 Å². The highest BCUT2D eigenvalue weighted by molar-refractivity contribution is 9.10. The molecule has 0 radical (unpaired) electrons. The van der Waals surface area contributed by atoms with E-state index in [1.54, 1.807) is 24.3 Å². The first-order valence-electron chi connectivity index (χ1n) is 5.41. The lowest BCUT2D eigenvalue weighted by Crippen LogP contribution is -2.17. The molecule has 0 saturated heterocycles.